The van der Waals surface area contributed by atoms with Gasteiger partial charge in [0.05, 0.1) is 24.0 Å². The fourth-order valence-corrected chi connectivity index (χ4v) is 8.44. The Morgan fingerprint density at radius 3 is 2.30 bits per heavy atom. The molecule has 0 saturated carbocycles. The lowest BCUT2D eigenvalue weighted by atomic mass is 10.0. The molecule has 3 aliphatic rings. The average molecular weight is 887 g/mol. The molecule has 22 heteroatoms. The van der Waals surface area contributed by atoms with Gasteiger partial charge in [-0.15, -0.1) is 0 Å². The van der Waals surface area contributed by atoms with Crippen molar-refractivity contribution in [1.82, 2.24) is 44.3 Å². The number of aromatic amines is 1. The molecule has 330 valence electrons. The fourth-order valence-electron chi connectivity index (χ4n) is 7.51. The number of ether oxygens (including phenoxy) is 1. The number of aromatic nitrogens is 5. The third-order valence-corrected chi connectivity index (χ3v) is 12.9. The normalized spacial score (nSPS) is 17.6. The molecule has 3 fully saturated rings. The van der Waals surface area contributed by atoms with Crippen molar-refractivity contribution < 1.29 is 41.1 Å². The van der Waals surface area contributed by atoms with Gasteiger partial charge in [-0.2, -0.15) is 12.7 Å². The highest BCUT2D eigenvalue weighted by atomic mass is 32.2. The lowest BCUT2D eigenvalue weighted by Gasteiger charge is -2.38. The molecule has 0 bridgehead atoms. The fraction of sp³-hybridized carbons (Fsp3) is 0.366. The van der Waals surface area contributed by atoms with E-state index in [2.05, 4.69) is 44.8 Å². The van der Waals surface area contributed by atoms with Gasteiger partial charge >= 0.3 is 10.2 Å². The number of hydrogen-bond acceptors (Lipinski definition) is 14. The van der Waals surface area contributed by atoms with E-state index in [-0.39, 0.29) is 41.4 Å². The maximum absolute atomic E-state index is 15.6. The van der Waals surface area contributed by atoms with Crippen LogP contribution in [0.2, 0.25) is 0 Å². The SMILES string of the molecule is CCN(C)S(=O)(=O)Nc1ccc(F)c(C(=O)c2c[nH]c3ncc(-c4cnc(N5CCN(C(=O)CN6CCN(c7ccc(OC8CCC(=O)NC8=O)cn7)CC6)CC5)nc4)cc23)c1F. The van der Waals surface area contributed by atoms with Crippen molar-refractivity contribution in [3.8, 4) is 16.9 Å². The summed E-state index contributed by atoms with van der Waals surface area (Å²) in [5, 5.41) is 2.56. The molecular formula is C41H44F2N12O7S. The summed E-state index contributed by atoms with van der Waals surface area (Å²) in [5.74, 6) is -2.54. The Morgan fingerprint density at radius 1 is 0.905 bits per heavy atom. The second kappa shape index (κ2) is 18.0. The van der Waals surface area contributed by atoms with Crippen LogP contribution < -0.4 is 24.6 Å². The molecule has 0 aliphatic carbocycles. The molecule has 3 aliphatic heterocycles. The highest BCUT2D eigenvalue weighted by Gasteiger charge is 2.30. The third kappa shape index (κ3) is 9.27. The van der Waals surface area contributed by atoms with Crippen LogP contribution in [0, 0.1) is 11.6 Å². The minimum atomic E-state index is -4.16. The number of H-pyrrole nitrogens is 1. The summed E-state index contributed by atoms with van der Waals surface area (Å²) in [4.78, 5) is 79.3. The Balaban J connectivity index is 0.834. The molecule has 4 aromatic heterocycles. The van der Waals surface area contributed by atoms with Gasteiger partial charge in [0.2, 0.25) is 23.5 Å². The van der Waals surface area contributed by atoms with Crippen molar-refractivity contribution in [3.63, 3.8) is 0 Å². The minimum Gasteiger partial charge on any atom is -0.479 e. The number of fused-ring (bicyclic) bond motifs is 1. The number of nitrogens with one attached hydrogen (secondary N) is 3. The van der Waals surface area contributed by atoms with Gasteiger partial charge in [0.15, 0.2) is 11.9 Å². The molecule has 1 unspecified atom stereocenters. The summed E-state index contributed by atoms with van der Waals surface area (Å²) in [7, 11) is -2.87. The first kappa shape index (κ1) is 43.0. The number of ketones is 1. The minimum absolute atomic E-state index is 0.0422. The molecule has 5 aromatic rings. The number of pyridine rings is 2. The van der Waals surface area contributed by atoms with Gasteiger partial charge in [0.25, 0.3) is 5.91 Å². The molecule has 1 atom stereocenters. The van der Waals surface area contributed by atoms with E-state index in [0.29, 0.717) is 88.1 Å². The summed E-state index contributed by atoms with van der Waals surface area (Å²) in [6.45, 7) is 6.76. The van der Waals surface area contributed by atoms with E-state index in [1.807, 2.05) is 15.9 Å². The van der Waals surface area contributed by atoms with Crippen LogP contribution >= 0.6 is 0 Å². The first-order valence-electron chi connectivity index (χ1n) is 20.3. The highest BCUT2D eigenvalue weighted by molar-refractivity contribution is 7.90. The summed E-state index contributed by atoms with van der Waals surface area (Å²) in [5.41, 5.74) is -0.172. The molecule has 0 radical (unpaired) electrons. The van der Waals surface area contributed by atoms with Crippen LogP contribution in [0.15, 0.2) is 61.3 Å². The van der Waals surface area contributed by atoms with Gasteiger partial charge < -0.3 is 24.4 Å². The van der Waals surface area contributed by atoms with Gasteiger partial charge in [-0.05, 0) is 30.3 Å². The molecule has 7 heterocycles. The zero-order chi connectivity index (χ0) is 44.4. The molecule has 3 amide bonds. The Labute approximate surface area is 360 Å². The second-order valence-electron chi connectivity index (χ2n) is 15.3. The lowest BCUT2D eigenvalue weighted by Crippen LogP contribution is -2.54. The number of imide groups is 1. The molecule has 63 heavy (non-hydrogen) atoms. The van der Waals surface area contributed by atoms with Gasteiger partial charge in [-0.1, -0.05) is 6.92 Å². The number of carbonyl (C=O) groups is 4. The largest absolute Gasteiger partial charge is 0.479 e. The van der Waals surface area contributed by atoms with Crippen LogP contribution in [0.4, 0.5) is 26.2 Å². The van der Waals surface area contributed by atoms with E-state index in [1.165, 1.54) is 13.2 Å². The van der Waals surface area contributed by atoms with Crippen LogP contribution in [-0.4, -0.2) is 150 Å². The predicted octanol–water partition coefficient (Wildman–Crippen LogP) is 2.19. The van der Waals surface area contributed by atoms with E-state index in [0.717, 1.165) is 22.3 Å². The zero-order valence-corrected chi connectivity index (χ0v) is 35.2. The number of halogens is 2. The van der Waals surface area contributed by atoms with E-state index in [9.17, 15) is 27.6 Å². The van der Waals surface area contributed by atoms with E-state index < -0.39 is 50.9 Å². The van der Waals surface area contributed by atoms with Crippen molar-refractivity contribution in [2.75, 3.05) is 87.0 Å². The smallest absolute Gasteiger partial charge is 0.301 e. The second-order valence-corrected chi connectivity index (χ2v) is 17.0. The number of nitrogens with zero attached hydrogens (tertiary/aromatic N) is 9. The Hall–Kier alpha value is -6.65. The Morgan fingerprint density at radius 2 is 1.62 bits per heavy atom. The van der Waals surface area contributed by atoms with Gasteiger partial charge in [-0.25, -0.2) is 28.7 Å². The summed E-state index contributed by atoms with van der Waals surface area (Å²) < 4.78 is 64.4. The average Bonchev–Trinajstić information content (AvgIpc) is 3.72. The number of carbonyl (C=O) groups excluding carboxylic acids is 4. The molecule has 0 spiro atoms. The van der Waals surface area contributed by atoms with E-state index in [4.69, 9.17) is 4.74 Å². The third-order valence-electron chi connectivity index (χ3n) is 11.3. The summed E-state index contributed by atoms with van der Waals surface area (Å²) >= 11 is 0. The standard InChI is InChI=1S/C41H44F2N12O7S/c1-3-51(2)63(60,61)50-31-6-5-30(42)36(37(31)43)38(58)29-23-46-39-28(29)18-25(19-45-39)26-20-47-41(48-21-26)55-16-14-54(15-17-55)35(57)24-52-10-12-53(13-11-52)33-8-4-27(22-44-33)62-32-7-9-34(56)49-40(32)59/h4-6,8,18-23,32,50H,3,7,9-17,24H2,1-2H3,(H,45,46)(H,49,56,59). The highest BCUT2D eigenvalue weighted by Crippen LogP contribution is 2.30. The van der Waals surface area contributed by atoms with Crippen molar-refractivity contribution in [2.45, 2.75) is 25.9 Å². The Kier molecular flexibility index (Phi) is 12.3. The zero-order valence-electron chi connectivity index (χ0n) is 34.4. The van der Waals surface area contributed by atoms with Gasteiger partial charge in [0.1, 0.15) is 23.0 Å². The van der Waals surface area contributed by atoms with Crippen LogP contribution in [0.3, 0.4) is 0 Å². The first-order chi connectivity index (χ1) is 30.3. The number of piperazine rings is 2. The maximum Gasteiger partial charge on any atom is 0.301 e. The van der Waals surface area contributed by atoms with Crippen LogP contribution in [0.25, 0.3) is 22.2 Å². The molecule has 1 aromatic carbocycles. The van der Waals surface area contributed by atoms with Crippen LogP contribution in [-0.2, 0) is 24.6 Å². The van der Waals surface area contributed by atoms with E-state index in [1.54, 1.807) is 43.8 Å². The molecular weight excluding hydrogens is 843 g/mol. The number of benzene rings is 1. The first-order valence-corrected chi connectivity index (χ1v) is 21.7. The topological polar surface area (TPSA) is 219 Å². The molecule has 3 saturated heterocycles. The summed E-state index contributed by atoms with van der Waals surface area (Å²) in [6, 6.07) is 6.96. The monoisotopic (exact) mass is 886 g/mol. The van der Waals surface area contributed by atoms with Crippen LogP contribution in [0.1, 0.15) is 35.7 Å². The summed E-state index contributed by atoms with van der Waals surface area (Å²) in [6.07, 6.45) is 7.45. The quantitative estimate of drug-likeness (QED) is 0.114. The number of piperidine rings is 1. The van der Waals surface area contributed by atoms with E-state index >= 15 is 8.78 Å². The lowest BCUT2D eigenvalue weighted by molar-refractivity contribution is -0.139. The maximum atomic E-state index is 15.6. The number of hydrogen-bond donors (Lipinski definition) is 3. The van der Waals surface area contributed by atoms with Crippen molar-refractivity contribution in [3.05, 3.63) is 84.1 Å². The van der Waals surface area contributed by atoms with Crippen LogP contribution in [0.5, 0.6) is 5.75 Å². The molecule has 19 nitrogen and oxygen atoms in total. The number of amides is 3. The number of rotatable bonds is 13. The van der Waals surface area contributed by atoms with Gasteiger partial charge in [0, 0.05) is 126 Å². The Bertz CT molecular complexity index is 2650. The van der Waals surface area contributed by atoms with Gasteiger partial charge in [-0.3, -0.25) is 34.1 Å². The van der Waals surface area contributed by atoms with Crippen molar-refractivity contribution in [1.29, 1.82) is 0 Å². The molecule has 8 rings (SSSR count). The predicted molar refractivity (Wildman–Crippen MR) is 226 cm³/mol. The number of anilines is 3. The van der Waals surface area contributed by atoms with Crippen molar-refractivity contribution in [2.24, 2.45) is 0 Å². The van der Waals surface area contributed by atoms with Crippen molar-refractivity contribution >= 4 is 62.2 Å². The molecule has 3 N–H and O–H groups in total.